The Morgan fingerprint density at radius 3 is 2.11 bits per heavy atom. The molecule has 108 valence electrons. The van der Waals surface area contributed by atoms with Crippen molar-refractivity contribution in [1.82, 2.24) is 0 Å². The minimum absolute atomic E-state index is 0.0495. The monoisotopic (exact) mass is 284 g/mol. The van der Waals surface area contributed by atoms with Gasteiger partial charge in [-0.2, -0.15) is 0 Å². The Balaban J connectivity index is 5.53. The minimum Gasteiger partial charge on any atom is -0.301 e. The zero-order chi connectivity index (χ0) is 15.0. The molecule has 0 radical (unpaired) electrons. The summed E-state index contributed by atoms with van der Waals surface area (Å²) < 4.78 is 28.5. The largest absolute Gasteiger partial charge is 0.301 e. The van der Waals surface area contributed by atoms with Gasteiger partial charge in [-0.05, 0) is 18.1 Å². The molecule has 0 aliphatic carbocycles. The highest BCUT2D eigenvalue weighted by Crippen LogP contribution is 2.37. The maximum atomic E-state index is 12.8. The van der Waals surface area contributed by atoms with Crippen molar-refractivity contribution in [2.24, 2.45) is 0 Å². The van der Waals surface area contributed by atoms with E-state index in [2.05, 4.69) is 26.3 Å². The van der Waals surface area contributed by atoms with E-state index < -0.39 is 9.63 Å². The third-order valence-corrected chi connectivity index (χ3v) is 5.09. The quantitative estimate of drug-likeness (QED) is 0.479. The van der Waals surface area contributed by atoms with Crippen LogP contribution in [0.2, 0.25) is 0 Å². The Morgan fingerprint density at radius 1 is 1.16 bits per heavy atom. The molecular weight excluding hydrogens is 260 g/mol. The summed E-state index contributed by atoms with van der Waals surface area (Å²) in [5, 5.41) is 0.938. The number of allylic oxidation sites excluding steroid dienone is 4. The summed E-state index contributed by atoms with van der Waals surface area (Å²) in [4.78, 5) is 0.0495. The molecule has 0 aromatic heterocycles. The Kier molecular flexibility index (Phi) is 6.90. The lowest BCUT2D eigenvalue weighted by atomic mass is 10.2. The molecule has 0 unspecified atom stereocenters. The first kappa shape index (κ1) is 17.8. The molecule has 0 saturated heterocycles. The Hall–Kier alpha value is -1.23. The average molecular weight is 284 g/mol. The van der Waals surface area contributed by atoms with Crippen LogP contribution in [0.15, 0.2) is 60.4 Å². The van der Waals surface area contributed by atoms with Gasteiger partial charge in [-0.25, -0.2) is 4.21 Å². The Bertz CT molecular complexity index is 450. The predicted octanol–water partition coefficient (Wildman–Crippen LogP) is 4.36. The highest BCUT2D eigenvalue weighted by Gasteiger charge is 2.35. The van der Waals surface area contributed by atoms with E-state index in [4.69, 9.17) is 4.18 Å². The first-order chi connectivity index (χ1) is 8.88. The molecule has 0 aliphatic rings. The summed E-state index contributed by atoms with van der Waals surface area (Å²) in [7, 11) is -4.58. The second-order valence-corrected chi connectivity index (χ2v) is 6.81. The second kappa shape index (κ2) is 7.38. The molecule has 0 aromatic carbocycles. The van der Waals surface area contributed by atoms with Gasteiger partial charge < -0.3 is 4.55 Å². The molecule has 1 N–H and O–H groups in total. The smallest absolute Gasteiger partial charge is 0.131 e. The van der Waals surface area contributed by atoms with Crippen LogP contribution in [-0.2, 0) is 13.8 Å². The fourth-order valence-electron chi connectivity index (χ4n) is 1.55. The van der Waals surface area contributed by atoms with Crippen LogP contribution in [0.1, 0.15) is 26.2 Å². The van der Waals surface area contributed by atoms with Gasteiger partial charge in [-0.1, -0.05) is 58.2 Å². The van der Waals surface area contributed by atoms with E-state index in [1.165, 1.54) is 18.2 Å². The summed E-state index contributed by atoms with van der Waals surface area (Å²) in [6.45, 7) is 16.4. The van der Waals surface area contributed by atoms with E-state index in [1.54, 1.807) is 0 Å². The molecule has 3 nitrogen and oxygen atoms in total. The van der Waals surface area contributed by atoms with E-state index in [0.29, 0.717) is 12.0 Å². The third-order valence-electron chi connectivity index (χ3n) is 2.67. The minimum atomic E-state index is -4.58. The Morgan fingerprint density at radius 2 is 1.74 bits per heavy atom. The van der Waals surface area contributed by atoms with Gasteiger partial charge >= 0.3 is 0 Å². The van der Waals surface area contributed by atoms with Crippen molar-refractivity contribution in [3.63, 3.8) is 0 Å². The van der Waals surface area contributed by atoms with Crippen LogP contribution < -0.4 is 0 Å². The average Bonchev–Trinajstić information content (AvgIpc) is 2.41. The standard InChI is InChI=1S/C15H24O3S/c1-6-11-12-13-18-19(16,17,10-5)15(9-4)14(7-2)8-3/h7-10H,2-6,11-13H2,1H3,(H,16,17). The predicted molar refractivity (Wildman–Crippen MR) is 84.1 cm³/mol. The summed E-state index contributed by atoms with van der Waals surface area (Å²) in [6, 6.07) is 0. The van der Waals surface area contributed by atoms with Gasteiger partial charge in [0.15, 0.2) is 0 Å². The van der Waals surface area contributed by atoms with Gasteiger partial charge in [0.25, 0.3) is 0 Å². The maximum Gasteiger partial charge on any atom is 0.131 e. The van der Waals surface area contributed by atoms with E-state index in [-0.39, 0.29) is 11.5 Å². The SMILES string of the molecule is C=CC(C=C)=C(C=C)S(=O)(O)(C=C)OCCCCC. The van der Waals surface area contributed by atoms with Gasteiger partial charge in [0.05, 0.1) is 11.5 Å². The molecule has 0 aromatic rings. The van der Waals surface area contributed by atoms with E-state index >= 15 is 0 Å². The summed E-state index contributed by atoms with van der Waals surface area (Å²) >= 11 is 0. The fraction of sp³-hybridized carbons (Fsp3) is 0.333. The summed E-state index contributed by atoms with van der Waals surface area (Å²) in [5.41, 5.74) is 0.407. The molecule has 0 aliphatic heterocycles. The van der Waals surface area contributed by atoms with E-state index in [1.807, 2.05) is 6.92 Å². The first-order valence-corrected chi connectivity index (χ1v) is 8.11. The Labute approximate surface area is 116 Å². The van der Waals surface area contributed by atoms with E-state index in [9.17, 15) is 8.76 Å². The zero-order valence-corrected chi connectivity index (χ0v) is 12.5. The summed E-state index contributed by atoms with van der Waals surface area (Å²) in [5.74, 6) is 0. The molecule has 4 heteroatoms. The normalized spacial score (nSPS) is 12.8. The lowest BCUT2D eigenvalue weighted by Crippen LogP contribution is -2.34. The number of hydrogen-bond donors (Lipinski definition) is 1. The molecule has 19 heavy (non-hydrogen) atoms. The molecule has 0 saturated carbocycles. The van der Waals surface area contributed by atoms with Crippen LogP contribution in [0, 0.1) is 0 Å². The molecule has 0 rings (SSSR count). The van der Waals surface area contributed by atoms with Gasteiger partial charge in [0, 0.05) is 5.41 Å². The molecule has 0 fully saturated rings. The molecule has 0 spiro atoms. The van der Waals surface area contributed by atoms with Crippen molar-refractivity contribution >= 4 is 9.63 Å². The van der Waals surface area contributed by atoms with Crippen LogP contribution in [0.5, 0.6) is 0 Å². The third kappa shape index (κ3) is 4.42. The number of hydrogen-bond acceptors (Lipinski definition) is 2. The molecule has 0 atom stereocenters. The van der Waals surface area contributed by atoms with Gasteiger partial charge in [-0.3, -0.25) is 4.18 Å². The van der Waals surface area contributed by atoms with Crippen molar-refractivity contribution in [2.45, 2.75) is 26.2 Å². The number of unbranched alkanes of at least 4 members (excludes halogenated alkanes) is 2. The maximum absolute atomic E-state index is 12.8. The van der Waals surface area contributed by atoms with Crippen molar-refractivity contribution in [3.8, 4) is 0 Å². The van der Waals surface area contributed by atoms with Crippen molar-refractivity contribution in [3.05, 3.63) is 60.4 Å². The zero-order valence-electron chi connectivity index (χ0n) is 11.6. The van der Waals surface area contributed by atoms with Gasteiger partial charge in [0.1, 0.15) is 9.63 Å². The van der Waals surface area contributed by atoms with Crippen LogP contribution in [0.4, 0.5) is 0 Å². The molecule has 0 heterocycles. The highest BCUT2D eigenvalue weighted by molar-refractivity contribution is 8.17. The van der Waals surface area contributed by atoms with E-state index in [0.717, 1.165) is 18.2 Å². The van der Waals surface area contributed by atoms with Gasteiger partial charge in [-0.15, -0.1) is 0 Å². The number of rotatable bonds is 10. The summed E-state index contributed by atoms with van der Waals surface area (Å²) in [6.07, 6.45) is 6.81. The van der Waals surface area contributed by atoms with Gasteiger partial charge in [0.2, 0.25) is 0 Å². The van der Waals surface area contributed by atoms with Crippen LogP contribution in [-0.4, -0.2) is 15.4 Å². The molecular formula is C15H24O3S. The van der Waals surface area contributed by atoms with Crippen LogP contribution in [0.25, 0.3) is 0 Å². The van der Waals surface area contributed by atoms with Crippen LogP contribution in [0.3, 0.4) is 0 Å². The second-order valence-electron chi connectivity index (χ2n) is 4.02. The fourth-order valence-corrected chi connectivity index (χ4v) is 3.30. The van der Waals surface area contributed by atoms with Crippen molar-refractivity contribution in [1.29, 1.82) is 0 Å². The highest BCUT2D eigenvalue weighted by atomic mass is 32.3. The molecule has 0 amide bonds. The van der Waals surface area contributed by atoms with Crippen molar-refractivity contribution < 1.29 is 12.9 Å². The lowest BCUT2D eigenvalue weighted by molar-refractivity contribution is 0.273. The lowest BCUT2D eigenvalue weighted by Gasteiger charge is -2.35. The van der Waals surface area contributed by atoms with Crippen LogP contribution >= 0.6 is 0 Å². The first-order valence-electron chi connectivity index (χ1n) is 6.20. The van der Waals surface area contributed by atoms with Crippen molar-refractivity contribution in [2.75, 3.05) is 6.61 Å². The molecule has 0 bridgehead atoms. The topological polar surface area (TPSA) is 46.5 Å².